The number of hydrogen-bond acceptors (Lipinski definition) is 14. The molecule has 8 atom stereocenters. The molecule has 0 saturated carbocycles. The van der Waals surface area contributed by atoms with Crippen LogP contribution in [0.4, 0.5) is 0 Å². The Bertz CT molecular complexity index is 705. The van der Waals surface area contributed by atoms with Gasteiger partial charge in [0.1, 0.15) is 0 Å². The molecule has 35 heavy (non-hydrogen) atoms. The summed E-state index contributed by atoms with van der Waals surface area (Å²) in [5.41, 5.74) is 0. The molecule has 0 aromatic carbocycles. The summed E-state index contributed by atoms with van der Waals surface area (Å²) in [5, 5.41) is 0. The molecular formula is C12H32O14Si9. The van der Waals surface area contributed by atoms with E-state index < -0.39 is 84.8 Å². The number of rotatable bonds is 0. The Morgan fingerprint density at radius 2 is 0.600 bits per heavy atom. The summed E-state index contributed by atoms with van der Waals surface area (Å²) < 4.78 is 93.1. The maximum absolute atomic E-state index is 6.75. The van der Waals surface area contributed by atoms with E-state index in [1.807, 2.05) is 13.5 Å². The van der Waals surface area contributed by atoms with Crippen molar-refractivity contribution in [2.45, 2.75) is 77.7 Å². The van der Waals surface area contributed by atoms with Gasteiger partial charge < -0.3 is 58.2 Å². The van der Waals surface area contributed by atoms with Crippen molar-refractivity contribution in [1.82, 2.24) is 0 Å². The molecule has 5 aliphatic heterocycles. The van der Waals surface area contributed by atoms with E-state index in [-0.39, 0.29) is 0 Å². The van der Waals surface area contributed by atoms with Crippen LogP contribution in [0.25, 0.3) is 0 Å². The summed E-state index contributed by atoms with van der Waals surface area (Å²) in [6, 6.07) is 0.291. The van der Waals surface area contributed by atoms with Gasteiger partial charge in [-0.25, -0.2) is 0 Å². The molecule has 10 bridgehead atoms. The highest BCUT2D eigenvalue weighted by molar-refractivity contribution is 6.99. The fourth-order valence-corrected chi connectivity index (χ4v) is 55.5. The molecule has 5 aliphatic rings. The van der Waals surface area contributed by atoms with Crippen molar-refractivity contribution >= 4 is 79.0 Å². The van der Waals surface area contributed by atoms with Crippen LogP contribution in [0.1, 0.15) is 6.92 Å². The van der Waals surface area contributed by atoms with E-state index in [4.69, 9.17) is 58.2 Å². The summed E-state index contributed by atoms with van der Waals surface area (Å²) in [6.07, 6.45) is 0. The van der Waals surface area contributed by atoms with Gasteiger partial charge in [0, 0.05) is 58.4 Å². The van der Waals surface area contributed by atoms with Gasteiger partial charge in [-0.15, -0.1) is 0 Å². The smallest absolute Gasteiger partial charge is 0.394 e. The number of fused-ring (bicyclic) bond motifs is 10. The lowest BCUT2D eigenvalue weighted by atomic mass is 10.4. The zero-order valence-electron chi connectivity index (χ0n) is 21.4. The predicted molar refractivity (Wildman–Crippen MR) is 133 cm³/mol. The summed E-state index contributed by atoms with van der Waals surface area (Å²) in [5.74, 6) is -1.27. The Kier molecular flexibility index (Phi) is 5.45. The second-order valence-electron chi connectivity index (χ2n) is 10.8. The minimum atomic E-state index is -3.62. The van der Waals surface area contributed by atoms with Gasteiger partial charge in [0.05, 0.1) is 0 Å². The molecule has 5 heterocycles. The van der Waals surface area contributed by atoms with Crippen molar-refractivity contribution in [3.8, 4) is 0 Å². The quantitative estimate of drug-likeness (QED) is 0.352. The molecule has 0 N–H and O–H groups in total. The summed E-state index contributed by atoms with van der Waals surface area (Å²) >= 11 is 0. The molecule has 8 unspecified atom stereocenters. The van der Waals surface area contributed by atoms with Crippen molar-refractivity contribution in [3.05, 3.63) is 0 Å². The average molecular weight is 653 g/mol. The van der Waals surface area contributed by atoms with Crippen molar-refractivity contribution < 1.29 is 58.2 Å². The summed E-state index contributed by atoms with van der Waals surface area (Å²) in [6.45, 7) is 17.9. The summed E-state index contributed by atoms with van der Waals surface area (Å²) in [7, 11) is -31.9. The van der Waals surface area contributed by atoms with E-state index in [1.54, 1.807) is 52.4 Å². The molecule has 5 saturated heterocycles. The molecule has 0 aliphatic carbocycles. The fraction of sp³-hybridized carbons (Fsp3) is 1.00. The zero-order chi connectivity index (χ0) is 25.6. The van der Waals surface area contributed by atoms with Crippen LogP contribution in [0.5, 0.6) is 0 Å². The van der Waals surface area contributed by atoms with Crippen LogP contribution in [0, 0.1) is 0 Å². The third-order valence-electron chi connectivity index (χ3n) is 5.96. The minimum absolute atomic E-state index is 0.291. The highest BCUT2D eigenvalue weighted by Gasteiger charge is 2.77. The maximum atomic E-state index is 6.75. The largest absolute Gasteiger partial charge is 0.485 e. The predicted octanol–water partition coefficient (Wildman–Crippen LogP) is 1.64. The second-order valence-corrected chi connectivity index (χ2v) is 37.4. The molecule has 0 amide bonds. The molecule has 0 radical (unpaired) electrons. The lowest BCUT2D eigenvalue weighted by Crippen LogP contribution is -2.84. The van der Waals surface area contributed by atoms with Crippen LogP contribution in [-0.4, -0.2) is 84.8 Å². The first kappa shape index (κ1) is 26.6. The van der Waals surface area contributed by atoms with Crippen LogP contribution in [0.2, 0.25) is 65.0 Å². The average Bonchev–Trinajstić information content (AvgIpc) is 2.40. The SMILES string of the molecule is CC12C[Si]3(C)O[Si]4(C)O[Si](C)(O1)O[Si]1(C)O[Si]5(C)O[Si](C)(O2)O[Si](C)(O3)O[Si](C)(O5)O[Si](C)(O4)O1. The zero-order valence-corrected chi connectivity index (χ0v) is 30.4. The molecular weight excluding hydrogens is 621 g/mol. The van der Waals surface area contributed by atoms with Crippen molar-refractivity contribution in [2.24, 2.45) is 0 Å². The Morgan fingerprint density at radius 3 is 0.886 bits per heavy atom. The Labute approximate surface area is 214 Å². The third kappa shape index (κ3) is 4.72. The lowest BCUT2D eigenvalue weighted by Gasteiger charge is -2.61. The van der Waals surface area contributed by atoms with E-state index in [9.17, 15) is 0 Å². The van der Waals surface area contributed by atoms with E-state index in [0.717, 1.165) is 0 Å². The van der Waals surface area contributed by atoms with Gasteiger partial charge in [-0.2, -0.15) is 0 Å². The van der Waals surface area contributed by atoms with E-state index in [0.29, 0.717) is 6.04 Å². The molecule has 0 aromatic heterocycles. The Balaban J connectivity index is 1.68. The fourth-order valence-electron chi connectivity index (χ4n) is 6.21. The third-order valence-corrected chi connectivity index (χ3v) is 44.9. The maximum Gasteiger partial charge on any atom is 0.485 e. The minimum Gasteiger partial charge on any atom is -0.394 e. The topological polar surface area (TPSA) is 129 Å². The van der Waals surface area contributed by atoms with E-state index >= 15 is 0 Å². The van der Waals surface area contributed by atoms with Crippen LogP contribution in [0.15, 0.2) is 0 Å². The molecule has 200 valence electrons. The molecule has 0 spiro atoms. The highest BCUT2D eigenvalue weighted by atomic mass is 28.6. The van der Waals surface area contributed by atoms with Gasteiger partial charge >= 0.3 is 79.0 Å². The van der Waals surface area contributed by atoms with E-state index in [1.165, 1.54) is 0 Å². The standard InChI is InChI=1S/C12H32O14Si9/c1-12-11-27(2)15-30(5)17-28(3,13-12)19-32(7)23-33(8)20-29(4,14-12)18-31(6,16-27)22-35(10,25-33)26-34(9,21-30)24-32/h11H2,1-10H3. The van der Waals surface area contributed by atoms with Crippen LogP contribution < -0.4 is 0 Å². The normalized spacial score (nSPS) is 66.0. The van der Waals surface area contributed by atoms with Gasteiger partial charge in [-0.1, -0.05) is 0 Å². The molecule has 5 fully saturated rings. The second kappa shape index (κ2) is 7.17. The van der Waals surface area contributed by atoms with Gasteiger partial charge in [0.15, 0.2) is 5.79 Å². The van der Waals surface area contributed by atoms with Gasteiger partial charge in [-0.3, -0.25) is 0 Å². The summed E-state index contributed by atoms with van der Waals surface area (Å²) in [4.78, 5) is 0. The van der Waals surface area contributed by atoms with Crippen molar-refractivity contribution in [3.63, 3.8) is 0 Å². The lowest BCUT2D eigenvalue weighted by molar-refractivity contribution is -0.162. The van der Waals surface area contributed by atoms with Gasteiger partial charge in [-0.05, 0) is 13.5 Å². The molecule has 14 nitrogen and oxygen atoms in total. The van der Waals surface area contributed by atoms with E-state index in [2.05, 4.69) is 0 Å². The Morgan fingerprint density at radius 1 is 0.371 bits per heavy atom. The van der Waals surface area contributed by atoms with Gasteiger partial charge in [0.2, 0.25) is 0 Å². The monoisotopic (exact) mass is 652 g/mol. The van der Waals surface area contributed by atoms with Crippen molar-refractivity contribution in [1.29, 1.82) is 0 Å². The van der Waals surface area contributed by atoms with Gasteiger partial charge in [0.25, 0.3) is 0 Å². The van der Waals surface area contributed by atoms with Crippen LogP contribution in [-0.2, 0) is 58.2 Å². The van der Waals surface area contributed by atoms with Crippen molar-refractivity contribution in [2.75, 3.05) is 0 Å². The molecule has 5 rings (SSSR count). The first-order valence-electron chi connectivity index (χ1n) is 11.4. The first-order valence-corrected chi connectivity index (χ1v) is 31.7. The highest BCUT2D eigenvalue weighted by Crippen LogP contribution is 2.50. The van der Waals surface area contributed by atoms with Crippen LogP contribution in [0.3, 0.4) is 0 Å². The Hall–Kier alpha value is 1.39. The molecule has 23 heteroatoms. The number of hydrogen-bond donors (Lipinski definition) is 0. The van der Waals surface area contributed by atoms with Crippen LogP contribution >= 0.6 is 0 Å². The molecule has 0 aromatic rings. The first-order chi connectivity index (χ1) is 15.6.